The van der Waals surface area contributed by atoms with Crippen molar-refractivity contribution >= 4 is 20.1 Å². The highest BCUT2D eigenvalue weighted by molar-refractivity contribution is 6.69. The van der Waals surface area contributed by atoms with Gasteiger partial charge in [-0.1, -0.05) is 48.5 Å². The van der Waals surface area contributed by atoms with Crippen LogP contribution in [0.25, 0.3) is 0 Å². The predicted octanol–water partition coefficient (Wildman–Crippen LogP) is 4.50. The quantitative estimate of drug-likeness (QED) is 0.717. The van der Waals surface area contributed by atoms with Crippen LogP contribution in [0.1, 0.15) is 11.1 Å². The summed E-state index contributed by atoms with van der Waals surface area (Å²) in [7, 11) is -1.95. The number of carbonyl (C=O) groups is 1. The number of hydrogen-bond acceptors (Lipinski definition) is 4. The lowest BCUT2D eigenvalue weighted by Crippen LogP contribution is -2.49. The third-order valence-electron chi connectivity index (χ3n) is 4.37. The maximum atomic E-state index is 12.9. The Kier molecular flexibility index (Phi) is 5.64. The topological polar surface area (TPSA) is 62.6 Å². The van der Waals surface area contributed by atoms with Crippen LogP contribution in [0.4, 0.5) is 10.5 Å². The molecule has 0 bridgehead atoms. The highest BCUT2D eigenvalue weighted by Gasteiger charge is 2.41. The summed E-state index contributed by atoms with van der Waals surface area (Å²) < 4.78 is 11.6. The van der Waals surface area contributed by atoms with E-state index in [1.54, 1.807) is 4.90 Å². The molecule has 0 radical (unpaired) electrons. The van der Waals surface area contributed by atoms with Gasteiger partial charge in [0.2, 0.25) is 0 Å². The van der Waals surface area contributed by atoms with E-state index in [4.69, 9.17) is 9.16 Å². The van der Waals surface area contributed by atoms with Crippen LogP contribution in [0.5, 0.6) is 0 Å². The zero-order valence-electron chi connectivity index (χ0n) is 15.9. The van der Waals surface area contributed by atoms with Crippen LogP contribution in [0.2, 0.25) is 19.6 Å². The van der Waals surface area contributed by atoms with Gasteiger partial charge in [-0.3, -0.25) is 4.90 Å². The lowest BCUT2D eigenvalue weighted by molar-refractivity contribution is 0.137. The fourth-order valence-electron chi connectivity index (χ4n) is 3.25. The molecule has 1 unspecified atom stereocenters. The van der Waals surface area contributed by atoms with Gasteiger partial charge in [0.05, 0.1) is 17.8 Å². The molecule has 0 N–H and O–H groups in total. The minimum atomic E-state index is -1.95. The summed E-state index contributed by atoms with van der Waals surface area (Å²) >= 11 is 0. The Morgan fingerprint density at radius 1 is 1.19 bits per heavy atom. The minimum Gasteiger partial charge on any atom is -0.444 e. The van der Waals surface area contributed by atoms with E-state index < -0.39 is 20.5 Å². The number of nitriles is 1. The van der Waals surface area contributed by atoms with Crippen LogP contribution in [0, 0.1) is 11.3 Å². The molecule has 6 heteroatoms. The van der Waals surface area contributed by atoms with Gasteiger partial charge in [-0.05, 0) is 43.3 Å². The van der Waals surface area contributed by atoms with Crippen LogP contribution in [0.15, 0.2) is 54.6 Å². The first-order valence-electron chi connectivity index (χ1n) is 9.04. The second-order valence-electron chi connectivity index (χ2n) is 7.59. The molecule has 140 valence electrons. The number of fused-ring (bicyclic) bond motifs is 1. The number of hydrogen-bond donors (Lipinski definition) is 0. The van der Waals surface area contributed by atoms with Crippen molar-refractivity contribution in [2.75, 3.05) is 4.90 Å². The predicted molar refractivity (Wildman–Crippen MR) is 107 cm³/mol. The first kappa shape index (κ1) is 19.1. The van der Waals surface area contributed by atoms with Gasteiger partial charge in [0.1, 0.15) is 6.61 Å². The summed E-state index contributed by atoms with van der Waals surface area (Å²) in [6, 6.07) is 19.1. The van der Waals surface area contributed by atoms with E-state index in [-0.39, 0.29) is 12.6 Å². The lowest BCUT2D eigenvalue weighted by atomic mass is 10.1. The average molecular weight is 381 g/mol. The number of benzene rings is 2. The third-order valence-corrected chi connectivity index (χ3v) is 5.33. The molecule has 0 saturated carbocycles. The second-order valence-corrected chi connectivity index (χ2v) is 12.1. The fraction of sp³-hybridized carbons (Fsp3) is 0.333. The molecule has 1 aliphatic rings. The second kappa shape index (κ2) is 7.95. The zero-order valence-corrected chi connectivity index (χ0v) is 16.9. The zero-order chi connectivity index (χ0) is 19.4. The highest BCUT2D eigenvalue weighted by atomic mass is 28.4. The normalized spacial score (nSPS) is 17.1. The van der Waals surface area contributed by atoms with Crippen LogP contribution >= 0.6 is 0 Å². The van der Waals surface area contributed by atoms with E-state index in [1.165, 1.54) is 0 Å². The summed E-state index contributed by atoms with van der Waals surface area (Å²) in [5.41, 5.74) is 2.74. The number of amides is 1. The van der Waals surface area contributed by atoms with Crippen molar-refractivity contribution < 1.29 is 14.0 Å². The number of rotatable bonds is 5. The lowest BCUT2D eigenvalue weighted by Gasteiger charge is -2.31. The number of carbonyl (C=O) groups excluding carboxylic acids is 1. The Morgan fingerprint density at radius 2 is 1.85 bits per heavy atom. The van der Waals surface area contributed by atoms with Gasteiger partial charge >= 0.3 is 6.09 Å². The largest absolute Gasteiger partial charge is 0.444 e. The molecule has 0 spiro atoms. The standard InChI is InChI=1S/C21H24N2O3Si/c1-27(2,3)26-20(14-22)19-13-17-11-7-8-12-18(17)23(19)21(24)25-15-16-9-5-4-6-10-16/h4-12,19-20H,13,15H2,1-3H3/t19-,20?/m0/s1. The maximum Gasteiger partial charge on any atom is 0.415 e. The number of ether oxygens (including phenoxy) is 1. The van der Waals surface area contributed by atoms with Crippen molar-refractivity contribution in [3.63, 3.8) is 0 Å². The Labute approximate surface area is 161 Å². The summed E-state index contributed by atoms with van der Waals surface area (Å²) in [5.74, 6) is 0. The monoisotopic (exact) mass is 380 g/mol. The van der Waals surface area contributed by atoms with Crippen molar-refractivity contribution in [1.29, 1.82) is 5.26 Å². The molecule has 2 aromatic rings. The highest BCUT2D eigenvalue weighted by Crippen LogP contribution is 2.35. The number of anilines is 1. The Bertz CT molecular complexity index is 842. The number of nitrogens with zero attached hydrogens (tertiary/aromatic N) is 2. The van der Waals surface area contributed by atoms with Crippen molar-refractivity contribution in [1.82, 2.24) is 0 Å². The Morgan fingerprint density at radius 3 is 2.52 bits per heavy atom. The Hall–Kier alpha value is -2.62. The van der Waals surface area contributed by atoms with Gasteiger partial charge in [0.25, 0.3) is 0 Å². The summed E-state index contributed by atoms with van der Waals surface area (Å²) in [6.45, 7) is 6.31. The van der Waals surface area contributed by atoms with E-state index in [0.717, 1.165) is 16.8 Å². The fourth-order valence-corrected chi connectivity index (χ4v) is 4.22. The molecule has 1 heterocycles. The molecule has 2 atom stereocenters. The molecule has 27 heavy (non-hydrogen) atoms. The van der Waals surface area contributed by atoms with E-state index in [9.17, 15) is 10.1 Å². The smallest absolute Gasteiger partial charge is 0.415 e. The van der Waals surface area contributed by atoms with E-state index >= 15 is 0 Å². The van der Waals surface area contributed by atoms with Crippen LogP contribution in [-0.2, 0) is 22.2 Å². The van der Waals surface area contributed by atoms with Gasteiger partial charge in [0.15, 0.2) is 14.4 Å². The van der Waals surface area contributed by atoms with Crippen LogP contribution in [-0.4, -0.2) is 26.6 Å². The first-order valence-corrected chi connectivity index (χ1v) is 12.4. The number of para-hydroxylation sites is 1. The summed E-state index contributed by atoms with van der Waals surface area (Å²) in [5, 5.41) is 9.70. The third kappa shape index (κ3) is 4.56. The molecule has 3 rings (SSSR count). The minimum absolute atomic E-state index is 0.192. The van der Waals surface area contributed by atoms with E-state index in [1.807, 2.05) is 74.2 Å². The molecule has 0 fully saturated rings. The molecule has 2 aromatic carbocycles. The maximum absolute atomic E-state index is 12.9. The molecule has 5 nitrogen and oxygen atoms in total. The van der Waals surface area contributed by atoms with Crippen molar-refractivity contribution in [2.24, 2.45) is 0 Å². The van der Waals surface area contributed by atoms with Gasteiger partial charge in [-0.2, -0.15) is 5.26 Å². The van der Waals surface area contributed by atoms with Crippen LogP contribution in [0.3, 0.4) is 0 Å². The van der Waals surface area contributed by atoms with Crippen molar-refractivity contribution in [3.05, 3.63) is 65.7 Å². The average Bonchev–Trinajstić information content (AvgIpc) is 3.03. The van der Waals surface area contributed by atoms with Gasteiger partial charge in [0, 0.05) is 0 Å². The van der Waals surface area contributed by atoms with Gasteiger partial charge in [-0.15, -0.1) is 0 Å². The van der Waals surface area contributed by atoms with Crippen LogP contribution < -0.4 is 4.90 Å². The SMILES string of the molecule is C[Si](C)(C)OC(C#N)[C@@H]1Cc2ccccc2N1C(=O)OCc1ccccc1. The summed E-state index contributed by atoms with van der Waals surface area (Å²) in [4.78, 5) is 14.5. The van der Waals surface area contributed by atoms with Gasteiger partial charge in [-0.25, -0.2) is 4.79 Å². The van der Waals surface area contributed by atoms with Gasteiger partial charge < -0.3 is 9.16 Å². The Balaban J connectivity index is 1.83. The van der Waals surface area contributed by atoms with E-state index in [0.29, 0.717) is 6.42 Å². The van der Waals surface area contributed by atoms with Crippen molar-refractivity contribution in [3.8, 4) is 6.07 Å². The molecular formula is C21H24N2O3Si. The molecule has 0 aromatic heterocycles. The van der Waals surface area contributed by atoms with E-state index in [2.05, 4.69) is 6.07 Å². The molecule has 1 aliphatic heterocycles. The molecule has 1 amide bonds. The van der Waals surface area contributed by atoms with Crippen molar-refractivity contribution in [2.45, 2.75) is 44.8 Å². The molecular weight excluding hydrogens is 356 g/mol. The molecule has 0 saturated heterocycles. The summed E-state index contributed by atoms with van der Waals surface area (Å²) in [6.07, 6.45) is -0.555. The molecule has 0 aliphatic carbocycles. The first-order chi connectivity index (χ1) is 12.9.